The Balaban J connectivity index is 1.35. The molecular formula is C28H21ClF3N5OS. The number of nitrogens with one attached hydrogen (secondary N) is 1. The molecule has 5 aromatic rings. The molecule has 0 aliphatic carbocycles. The molecule has 0 radical (unpaired) electrons. The van der Waals surface area contributed by atoms with Gasteiger partial charge < -0.3 is 9.88 Å². The SMILES string of the molecule is O=c1c2c(nc(SCc3cccc(Cl)c3)n1-c1ccccc1)CCN(c1nc3ccc(C(F)(F)F)cc3[nH]1)C2. The topological polar surface area (TPSA) is 66.8 Å². The van der Waals surface area contributed by atoms with E-state index < -0.39 is 11.7 Å². The maximum Gasteiger partial charge on any atom is 0.416 e. The highest BCUT2D eigenvalue weighted by Gasteiger charge is 2.31. The van der Waals surface area contributed by atoms with Crippen LogP contribution in [0.3, 0.4) is 0 Å². The number of thioether (sulfide) groups is 1. The molecule has 39 heavy (non-hydrogen) atoms. The number of fused-ring (bicyclic) bond motifs is 2. The lowest BCUT2D eigenvalue weighted by atomic mass is 10.1. The second kappa shape index (κ2) is 10.1. The Morgan fingerprint density at radius 1 is 1.00 bits per heavy atom. The summed E-state index contributed by atoms with van der Waals surface area (Å²) in [5.41, 5.74) is 2.76. The lowest BCUT2D eigenvalue weighted by Crippen LogP contribution is -2.38. The van der Waals surface area contributed by atoms with Crippen molar-refractivity contribution < 1.29 is 13.2 Å². The second-order valence-electron chi connectivity index (χ2n) is 9.18. The molecule has 3 heterocycles. The summed E-state index contributed by atoms with van der Waals surface area (Å²) in [5.74, 6) is 1.00. The van der Waals surface area contributed by atoms with Gasteiger partial charge in [0.1, 0.15) is 0 Å². The van der Waals surface area contributed by atoms with E-state index in [9.17, 15) is 18.0 Å². The van der Waals surface area contributed by atoms with E-state index in [0.717, 1.165) is 17.7 Å². The molecule has 0 atom stereocenters. The van der Waals surface area contributed by atoms with Crippen molar-refractivity contribution in [1.29, 1.82) is 0 Å². The van der Waals surface area contributed by atoms with Gasteiger partial charge in [0, 0.05) is 23.7 Å². The van der Waals surface area contributed by atoms with Crippen LogP contribution in [0.25, 0.3) is 16.7 Å². The lowest BCUT2D eigenvalue weighted by molar-refractivity contribution is -0.137. The first-order chi connectivity index (χ1) is 18.8. The number of anilines is 1. The molecule has 6 rings (SSSR count). The van der Waals surface area contributed by atoms with Gasteiger partial charge in [0.25, 0.3) is 5.56 Å². The van der Waals surface area contributed by atoms with Crippen molar-refractivity contribution in [2.45, 2.75) is 30.1 Å². The van der Waals surface area contributed by atoms with Gasteiger partial charge in [-0.25, -0.2) is 9.97 Å². The fourth-order valence-electron chi connectivity index (χ4n) is 4.63. The number of benzene rings is 3. The molecule has 1 N–H and O–H groups in total. The Labute approximate surface area is 230 Å². The van der Waals surface area contributed by atoms with Crippen LogP contribution >= 0.6 is 23.4 Å². The van der Waals surface area contributed by atoms with E-state index in [0.29, 0.717) is 62.8 Å². The molecule has 0 saturated heterocycles. The summed E-state index contributed by atoms with van der Waals surface area (Å²) in [6, 6.07) is 20.3. The maximum atomic E-state index is 13.9. The number of rotatable bonds is 5. The summed E-state index contributed by atoms with van der Waals surface area (Å²) in [6.45, 7) is 0.748. The van der Waals surface area contributed by atoms with Gasteiger partial charge in [-0.2, -0.15) is 13.2 Å². The zero-order valence-electron chi connectivity index (χ0n) is 20.4. The predicted octanol–water partition coefficient (Wildman–Crippen LogP) is 6.64. The van der Waals surface area contributed by atoms with Crippen molar-refractivity contribution in [3.8, 4) is 5.69 Å². The molecule has 0 bridgehead atoms. The van der Waals surface area contributed by atoms with Crippen molar-refractivity contribution >= 4 is 40.3 Å². The first-order valence-electron chi connectivity index (χ1n) is 12.2. The first-order valence-corrected chi connectivity index (χ1v) is 13.5. The molecule has 198 valence electrons. The van der Waals surface area contributed by atoms with Crippen molar-refractivity contribution in [3.05, 3.63) is 111 Å². The zero-order valence-corrected chi connectivity index (χ0v) is 21.9. The highest BCUT2D eigenvalue weighted by Crippen LogP contribution is 2.32. The van der Waals surface area contributed by atoms with E-state index in [1.165, 1.54) is 17.8 Å². The summed E-state index contributed by atoms with van der Waals surface area (Å²) >= 11 is 7.61. The Hall–Kier alpha value is -3.76. The monoisotopic (exact) mass is 567 g/mol. The number of hydrogen-bond donors (Lipinski definition) is 1. The Morgan fingerprint density at radius 3 is 2.59 bits per heavy atom. The van der Waals surface area contributed by atoms with Crippen LogP contribution in [-0.4, -0.2) is 26.1 Å². The standard InChI is InChI=1S/C28H21ClF3N5OS/c29-19-6-4-5-17(13-19)16-39-27-35-22-11-12-36(15-21(22)25(38)37(27)20-7-2-1-3-8-20)26-33-23-10-9-18(28(30,31)32)14-24(23)34-26/h1-10,13-14H,11-12,15-16H2,(H,33,34). The minimum Gasteiger partial charge on any atom is -0.337 e. The van der Waals surface area contributed by atoms with E-state index in [4.69, 9.17) is 16.6 Å². The fourth-order valence-corrected chi connectivity index (χ4v) is 5.81. The van der Waals surface area contributed by atoms with Crippen molar-refractivity contribution in [2.75, 3.05) is 11.4 Å². The van der Waals surface area contributed by atoms with Crippen LogP contribution in [0.1, 0.15) is 22.4 Å². The average Bonchev–Trinajstić information content (AvgIpc) is 3.36. The van der Waals surface area contributed by atoms with Crippen molar-refractivity contribution in [3.63, 3.8) is 0 Å². The van der Waals surface area contributed by atoms with Crippen LogP contribution in [0.4, 0.5) is 19.1 Å². The molecule has 2 aromatic heterocycles. The van der Waals surface area contributed by atoms with Crippen LogP contribution in [-0.2, 0) is 24.9 Å². The number of hydrogen-bond acceptors (Lipinski definition) is 5. The molecule has 11 heteroatoms. The smallest absolute Gasteiger partial charge is 0.337 e. The van der Waals surface area contributed by atoms with Gasteiger partial charge in [0.05, 0.1) is 40.1 Å². The maximum absolute atomic E-state index is 13.9. The van der Waals surface area contributed by atoms with E-state index in [-0.39, 0.29) is 12.1 Å². The number of aromatic amines is 1. The molecular weight excluding hydrogens is 547 g/mol. The molecule has 0 spiro atoms. The molecule has 0 fully saturated rings. The van der Waals surface area contributed by atoms with E-state index in [1.54, 1.807) is 4.57 Å². The predicted molar refractivity (Wildman–Crippen MR) is 147 cm³/mol. The largest absolute Gasteiger partial charge is 0.416 e. The van der Waals surface area contributed by atoms with Crippen LogP contribution in [0, 0.1) is 0 Å². The quantitative estimate of drug-likeness (QED) is 0.191. The Kier molecular flexibility index (Phi) is 6.60. The molecule has 1 aliphatic heterocycles. The molecule has 3 aromatic carbocycles. The molecule has 1 aliphatic rings. The average molecular weight is 568 g/mol. The van der Waals surface area contributed by atoms with Gasteiger partial charge in [-0.3, -0.25) is 9.36 Å². The third-order valence-corrected chi connectivity index (χ3v) is 7.81. The van der Waals surface area contributed by atoms with Gasteiger partial charge in [0.15, 0.2) is 5.16 Å². The summed E-state index contributed by atoms with van der Waals surface area (Å²) in [4.78, 5) is 28.2. The van der Waals surface area contributed by atoms with E-state index in [2.05, 4.69) is 9.97 Å². The summed E-state index contributed by atoms with van der Waals surface area (Å²) < 4.78 is 41.1. The minimum absolute atomic E-state index is 0.181. The number of imidazole rings is 1. The Bertz CT molecular complexity index is 1740. The summed E-state index contributed by atoms with van der Waals surface area (Å²) in [5, 5.41) is 1.23. The molecule has 0 saturated carbocycles. The highest BCUT2D eigenvalue weighted by atomic mass is 35.5. The minimum atomic E-state index is -4.44. The molecule has 0 amide bonds. The Morgan fingerprint density at radius 2 is 1.82 bits per heavy atom. The van der Waals surface area contributed by atoms with Crippen LogP contribution in [0.15, 0.2) is 82.7 Å². The molecule has 6 nitrogen and oxygen atoms in total. The van der Waals surface area contributed by atoms with Gasteiger partial charge in [0.2, 0.25) is 5.95 Å². The van der Waals surface area contributed by atoms with Crippen molar-refractivity contribution in [2.24, 2.45) is 0 Å². The van der Waals surface area contributed by atoms with E-state index in [1.807, 2.05) is 59.5 Å². The number of halogens is 4. The van der Waals surface area contributed by atoms with Gasteiger partial charge in [-0.15, -0.1) is 0 Å². The normalized spacial score (nSPS) is 13.6. The number of H-pyrrole nitrogens is 1. The number of aromatic nitrogens is 4. The first kappa shape index (κ1) is 25.5. The number of alkyl halides is 3. The van der Waals surface area contributed by atoms with Gasteiger partial charge >= 0.3 is 6.18 Å². The van der Waals surface area contributed by atoms with Crippen LogP contribution in [0.5, 0.6) is 0 Å². The number of nitrogens with zero attached hydrogens (tertiary/aromatic N) is 4. The second-order valence-corrected chi connectivity index (χ2v) is 10.6. The third-order valence-electron chi connectivity index (χ3n) is 6.57. The summed E-state index contributed by atoms with van der Waals surface area (Å²) in [7, 11) is 0. The summed E-state index contributed by atoms with van der Waals surface area (Å²) in [6.07, 6.45) is -3.95. The van der Waals surface area contributed by atoms with Crippen LogP contribution < -0.4 is 10.5 Å². The highest BCUT2D eigenvalue weighted by molar-refractivity contribution is 7.98. The fraction of sp³-hybridized carbons (Fsp3) is 0.179. The van der Waals surface area contributed by atoms with Gasteiger partial charge in [-0.1, -0.05) is 53.7 Å². The molecule has 0 unspecified atom stereocenters. The zero-order chi connectivity index (χ0) is 27.1. The third kappa shape index (κ3) is 5.14. The van der Waals surface area contributed by atoms with Crippen LogP contribution in [0.2, 0.25) is 5.02 Å². The number of para-hydroxylation sites is 1. The van der Waals surface area contributed by atoms with Crippen molar-refractivity contribution in [1.82, 2.24) is 19.5 Å². The van der Waals surface area contributed by atoms with Gasteiger partial charge in [-0.05, 0) is 48.0 Å². The van der Waals surface area contributed by atoms with E-state index >= 15 is 0 Å². The lowest BCUT2D eigenvalue weighted by Gasteiger charge is -2.28.